The highest BCUT2D eigenvalue weighted by atomic mass is 16.5. The molecule has 1 aromatic carbocycles. The molecular weight excluding hydrogens is 228 g/mol. The number of ether oxygens (including phenoxy) is 1. The van der Waals surface area contributed by atoms with Gasteiger partial charge in [-0.05, 0) is 36.6 Å². The molecule has 0 radical (unpaired) electrons. The molecule has 0 aromatic heterocycles. The van der Waals surface area contributed by atoms with E-state index in [-0.39, 0.29) is 5.75 Å². The summed E-state index contributed by atoms with van der Waals surface area (Å²) in [7, 11) is 1.60. The number of piperazine rings is 1. The Morgan fingerprint density at radius 2 is 1.94 bits per heavy atom. The zero-order chi connectivity index (χ0) is 13.1. The number of aromatic hydroxyl groups is 1. The maximum atomic E-state index is 9.96. The Labute approximate surface area is 109 Å². The van der Waals surface area contributed by atoms with Crippen LogP contribution in [0.25, 0.3) is 0 Å². The largest absolute Gasteiger partial charge is 0.504 e. The first-order chi connectivity index (χ1) is 8.63. The van der Waals surface area contributed by atoms with Gasteiger partial charge in [-0.2, -0.15) is 0 Å². The fraction of sp³-hybridized carbons (Fsp3) is 0.571. The van der Waals surface area contributed by atoms with E-state index < -0.39 is 0 Å². The van der Waals surface area contributed by atoms with E-state index >= 15 is 0 Å². The van der Waals surface area contributed by atoms with Gasteiger partial charge in [-0.15, -0.1) is 0 Å². The van der Waals surface area contributed by atoms with Crippen molar-refractivity contribution in [3.05, 3.63) is 22.8 Å². The molecule has 1 fully saturated rings. The van der Waals surface area contributed by atoms with Gasteiger partial charge in [-0.1, -0.05) is 0 Å². The van der Waals surface area contributed by atoms with Crippen LogP contribution in [0.4, 0.5) is 0 Å². The summed E-state index contributed by atoms with van der Waals surface area (Å²) in [4.78, 5) is 2.43. The van der Waals surface area contributed by atoms with Crippen molar-refractivity contribution in [3.8, 4) is 11.5 Å². The maximum Gasteiger partial charge on any atom is 0.161 e. The van der Waals surface area contributed by atoms with E-state index in [0.717, 1.165) is 43.9 Å². The molecule has 2 N–H and O–H groups in total. The van der Waals surface area contributed by atoms with E-state index in [4.69, 9.17) is 4.74 Å². The molecule has 4 heteroatoms. The second-order valence-electron chi connectivity index (χ2n) is 4.86. The third kappa shape index (κ3) is 2.60. The molecule has 0 amide bonds. The quantitative estimate of drug-likeness (QED) is 0.851. The lowest BCUT2D eigenvalue weighted by atomic mass is 10.0. The zero-order valence-electron chi connectivity index (χ0n) is 11.4. The third-order valence-corrected chi connectivity index (χ3v) is 3.76. The molecule has 100 valence electrons. The topological polar surface area (TPSA) is 44.7 Å². The van der Waals surface area contributed by atoms with Gasteiger partial charge in [0.15, 0.2) is 11.5 Å². The van der Waals surface area contributed by atoms with Crippen molar-refractivity contribution in [2.24, 2.45) is 0 Å². The van der Waals surface area contributed by atoms with Crippen molar-refractivity contribution < 1.29 is 9.84 Å². The molecule has 4 nitrogen and oxygen atoms in total. The molecule has 1 aliphatic heterocycles. The first-order valence-electron chi connectivity index (χ1n) is 6.42. The number of nitrogens with one attached hydrogen (secondary N) is 1. The number of benzene rings is 1. The molecular formula is C14H22N2O2. The van der Waals surface area contributed by atoms with Gasteiger partial charge in [0.2, 0.25) is 0 Å². The van der Waals surface area contributed by atoms with Gasteiger partial charge in [-0.25, -0.2) is 0 Å². The third-order valence-electron chi connectivity index (χ3n) is 3.76. The van der Waals surface area contributed by atoms with Crippen LogP contribution in [0.3, 0.4) is 0 Å². The first kappa shape index (κ1) is 13.2. The summed E-state index contributed by atoms with van der Waals surface area (Å²) in [6.07, 6.45) is 0. The predicted octanol–water partition coefficient (Wildman–Crippen LogP) is 1.42. The zero-order valence-corrected chi connectivity index (χ0v) is 11.4. The second kappa shape index (κ2) is 5.59. The smallest absolute Gasteiger partial charge is 0.161 e. The van der Waals surface area contributed by atoms with Crippen molar-refractivity contribution >= 4 is 0 Å². The van der Waals surface area contributed by atoms with E-state index in [2.05, 4.69) is 17.1 Å². The van der Waals surface area contributed by atoms with Crippen LogP contribution in [0.1, 0.15) is 16.7 Å². The number of rotatable bonds is 3. The van der Waals surface area contributed by atoms with Crippen molar-refractivity contribution in [3.63, 3.8) is 0 Å². The van der Waals surface area contributed by atoms with Crippen molar-refractivity contribution in [1.29, 1.82) is 0 Å². The fourth-order valence-corrected chi connectivity index (χ4v) is 2.37. The van der Waals surface area contributed by atoms with E-state index in [1.54, 1.807) is 7.11 Å². The molecule has 1 aromatic rings. The monoisotopic (exact) mass is 250 g/mol. The molecule has 1 heterocycles. The van der Waals surface area contributed by atoms with Crippen LogP contribution < -0.4 is 10.1 Å². The van der Waals surface area contributed by atoms with Gasteiger partial charge in [0.05, 0.1) is 7.11 Å². The molecule has 1 aliphatic rings. The normalized spacial score (nSPS) is 16.8. The Kier molecular flexibility index (Phi) is 4.09. The lowest BCUT2D eigenvalue weighted by Crippen LogP contribution is -2.43. The molecule has 0 atom stereocenters. The average molecular weight is 250 g/mol. The number of hydrogen-bond donors (Lipinski definition) is 2. The Bertz CT molecular complexity index is 426. The summed E-state index contributed by atoms with van der Waals surface area (Å²) in [5, 5.41) is 13.3. The van der Waals surface area contributed by atoms with Crippen LogP contribution in [-0.4, -0.2) is 43.3 Å². The van der Waals surface area contributed by atoms with E-state index in [1.165, 1.54) is 5.56 Å². The average Bonchev–Trinajstić information content (AvgIpc) is 2.40. The maximum absolute atomic E-state index is 9.96. The number of hydrogen-bond acceptors (Lipinski definition) is 4. The number of phenols is 1. The van der Waals surface area contributed by atoms with Gasteiger partial charge in [0, 0.05) is 32.7 Å². The van der Waals surface area contributed by atoms with Crippen LogP contribution >= 0.6 is 0 Å². The summed E-state index contributed by atoms with van der Waals surface area (Å²) in [5.74, 6) is 0.835. The van der Waals surface area contributed by atoms with Gasteiger partial charge < -0.3 is 15.2 Å². The first-order valence-corrected chi connectivity index (χ1v) is 6.42. The molecule has 0 bridgehead atoms. The molecule has 0 saturated carbocycles. The van der Waals surface area contributed by atoms with Gasteiger partial charge >= 0.3 is 0 Å². The molecule has 1 saturated heterocycles. The lowest BCUT2D eigenvalue weighted by molar-refractivity contribution is 0.232. The van der Waals surface area contributed by atoms with E-state index in [9.17, 15) is 5.11 Å². The Morgan fingerprint density at radius 3 is 2.56 bits per heavy atom. The minimum absolute atomic E-state index is 0.263. The standard InChI is InChI=1S/C14H22N2O2/c1-10-11(2)14(17)13(18-3)8-12(10)9-16-6-4-15-5-7-16/h8,15,17H,4-7,9H2,1-3H3. The number of phenolic OH excluding ortho intramolecular Hbond substituents is 1. The molecule has 0 spiro atoms. The number of nitrogens with zero attached hydrogens (tertiary/aromatic N) is 1. The molecule has 0 unspecified atom stereocenters. The summed E-state index contributed by atoms with van der Waals surface area (Å²) in [6.45, 7) is 9.16. The number of methoxy groups -OCH3 is 1. The second-order valence-corrected chi connectivity index (χ2v) is 4.86. The van der Waals surface area contributed by atoms with Gasteiger partial charge in [-0.3, -0.25) is 4.90 Å². The van der Waals surface area contributed by atoms with Crippen molar-refractivity contribution in [2.45, 2.75) is 20.4 Å². The van der Waals surface area contributed by atoms with Gasteiger partial charge in [0.1, 0.15) is 0 Å². The van der Waals surface area contributed by atoms with Crippen LogP contribution in [0, 0.1) is 13.8 Å². The SMILES string of the molecule is COc1cc(CN2CCNCC2)c(C)c(C)c1O. The van der Waals surface area contributed by atoms with Crippen LogP contribution in [0.15, 0.2) is 6.07 Å². The summed E-state index contributed by atoms with van der Waals surface area (Å²) in [6, 6.07) is 1.96. The molecule has 0 aliphatic carbocycles. The minimum Gasteiger partial charge on any atom is -0.504 e. The Hall–Kier alpha value is -1.26. The van der Waals surface area contributed by atoms with Crippen LogP contribution in [0.2, 0.25) is 0 Å². The Balaban J connectivity index is 2.23. The van der Waals surface area contributed by atoms with Crippen LogP contribution in [0.5, 0.6) is 11.5 Å². The Morgan fingerprint density at radius 1 is 1.28 bits per heavy atom. The highest BCUT2D eigenvalue weighted by molar-refractivity contribution is 5.52. The van der Waals surface area contributed by atoms with Gasteiger partial charge in [0.25, 0.3) is 0 Å². The van der Waals surface area contributed by atoms with Crippen molar-refractivity contribution in [1.82, 2.24) is 10.2 Å². The van der Waals surface area contributed by atoms with Crippen molar-refractivity contribution in [2.75, 3.05) is 33.3 Å². The minimum atomic E-state index is 0.263. The van der Waals surface area contributed by atoms with E-state index in [0.29, 0.717) is 5.75 Å². The lowest BCUT2D eigenvalue weighted by Gasteiger charge is -2.28. The highest BCUT2D eigenvalue weighted by Gasteiger charge is 2.16. The summed E-state index contributed by atoms with van der Waals surface area (Å²) in [5.41, 5.74) is 3.32. The summed E-state index contributed by atoms with van der Waals surface area (Å²) < 4.78 is 5.23. The predicted molar refractivity (Wildman–Crippen MR) is 72.3 cm³/mol. The van der Waals surface area contributed by atoms with E-state index in [1.807, 2.05) is 13.0 Å². The fourth-order valence-electron chi connectivity index (χ4n) is 2.37. The molecule has 18 heavy (non-hydrogen) atoms. The molecule has 2 rings (SSSR count). The van der Waals surface area contributed by atoms with Crippen LogP contribution in [-0.2, 0) is 6.54 Å². The highest BCUT2D eigenvalue weighted by Crippen LogP contribution is 2.34. The summed E-state index contributed by atoms with van der Waals surface area (Å²) >= 11 is 0.